The highest BCUT2D eigenvalue weighted by Crippen LogP contribution is 2.36. The zero-order valence-electron chi connectivity index (χ0n) is 29.2. The average Bonchev–Trinajstić information content (AvgIpc) is 3.93. The Labute approximate surface area is 312 Å². The predicted octanol–water partition coefficient (Wildman–Crippen LogP) is 7.66. The van der Waals surface area contributed by atoms with Crippen LogP contribution in [0.5, 0.6) is 0 Å². The van der Waals surface area contributed by atoms with Crippen molar-refractivity contribution in [3.8, 4) is 0 Å². The van der Waals surface area contributed by atoms with Crippen molar-refractivity contribution in [1.29, 1.82) is 0 Å². The Morgan fingerprint density at radius 3 is 1.33 bits per heavy atom. The van der Waals surface area contributed by atoms with Crippen LogP contribution in [0.2, 0.25) is 0 Å². The molecule has 0 radical (unpaired) electrons. The smallest absolute Gasteiger partial charge is 0.399 e. The van der Waals surface area contributed by atoms with Gasteiger partial charge in [0.1, 0.15) is 25.3 Å². The Balaban J connectivity index is 0.000000187. The molecular weight excluding hydrogens is 719 g/mol. The molecule has 6 aromatic rings. The molecule has 0 saturated carbocycles. The molecule has 1 aliphatic heterocycles. The van der Waals surface area contributed by atoms with Crippen LogP contribution in [0.15, 0.2) is 127 Å². The molecule has 0 N–H and O–H groups in total. The fourth-order valence-electron chi connectivity index (χ4n) is 5.35. The number of halogens is 1. The molecular formula is C38H36BBrN10O2. The van der Waals surface area contributed by atoms with Crippen LogP contribution in [0.25, 0.3) is 9.69 Å². The van der Waals surface area contributed by atoms with Crippen LogP contribution in [0.1, 0.15) is 38.8 Å². The van der Waals surface area contributed by atoms with Crippen molar-refractivity contribution in [3.05, 3.63) is 161 Å². The minimum atomic E-state index is -0.376. The molecule has 0 unspecified atom stereocenters. The predicted molar refractivity (Wildman–Crippen MR) is 205 cm³/mol. The molecule has 1 fully saturated rings. The molecule has 52 heavy (non-hydrogen) atoms. The second-order valence-corrected chi connectivity index (χ2v) is 13.9. The molecule has 7 rings (SSSR count). The van der Waals surface area contributed by atoms with E-state index in [0.29, 0.717) is 24.5 Å². The van der Waals surface area contributed by atoms with E-state index in [1.165, 1.54) is 0 Å². The zero-order valence-corrected chi connectivity index (χ0v) is 30.8. The van der Waals surface area contributed by atoms with Gasteiger partial charge in [-0.1, -0.05) is 76.6 Å². The van der Waals surface area contributed by atoms with Gasteiger partial charge in [-0.15, -0.1) is 20.4 Å². The summed E-state index contributed by atoms with van der Waals surface area (Å²) in [6.45, 7) is 23.7. The Morgan fingerprint density at radius 2 is 0.962 bits per heavy atom. The van der Waals surface area contributed by atoms with Gasteiger partial charge in [0.15, 0.2) is 11.4 Å². The quantitative estimate of drug-likeness (QED) is 0.110. The minimum Gasteiger partial charge on any atom is -0.399 e. The van der Waals surface area contributed by atoms with Crippen molar-refractivity contribution >= 4 is 51.3 Å². The third kappa shape index (κ3) is 8.38. The SMILES string of the molecule is [C-]#[N+]c1ccc(N(Cc2ccc(B3OC(C)(C)C(C)(C)O3)cc2)n2cnnc2)cc1.[C-]#[N+]c1ccc(N(Cc2ccc(Br)cc2)n2cnnc2)cc1. The van der Waals surface area contributed by atoms with E-state index < -0.39 is 0 Å². The van der Waals surface area contributed by atoms with Gasteiger partial charge in [0.05, 0.1) is 48.8 Å². The Morgan fingerprint density at radius 1 is 0.596 bits per heavy atom. The molecule has 0 bridgehead atoms. The van der Waals surface area contributed by atoms with Gasteiger partial charge in [-0.05, 0) is 80.7 Å². The van der Waals surface area contributed by atoms with Crippen molar-refractivity contribution in [2.75, 3.05) is 10.0 Å². The maximum Gasteiger partial charge on any atom is 0.494 e. The Kier molecular flexibility index (Phi) is 10.8. The Bertz CT molecular complexity index is 2110. The van der Waals surface area contributed by atoms with Gasteiger partial charge in [0, 0.05) is 4.47 Å². The fourth-order valence-corrected chi connectivity index (χ4v) is 5.61. The summed E-state index contributed by atoms with van der Waals surface area (Å²) in [6.07, 6.45) is 6.62. The summed E-state index contributed by atoms with van der Waals surface area (Å²) in [4.78, 5) is 6.88. The lowest BCUT2D eigenvalue weighted by Gasteiger charge is -2.32. The minimum absolute atomic E-state index is 0.362. The third-order valence-electron chi connectivity index (χ3n) is 9.01. The molecule has 0 spiro atoms. The summed E-state index contributed by atoms with van der Waals surface area (Å²) in [7, 11) is -0.376. The number of rotatable bonds is 9. The van der Waals surface area contributed by atoms with Gasteiger partial charge in [-0.25, -0.2) is 19.0 Å². The largest absolute Gasteiger partial charge is 0.494 e. The lowest BCUT2D eigenvalue weighted by molar-refractivity contribution is 0.00578. The number of benzene rings is 4. The molecule has 2 aromatic heterocycles. The maximum absolute atomic E-state index is 7.15. The van der Waals surface area contributed by atoms with Crippen molar-refractivity contribution in [2.45, 2.75) is 52.0 Å². The molecule has 0 atom stereocenters. The molecule has 4 aromatic carbocycles. The molecule has 3 heterocycles. The highest BCUT2D eigenvalue weighted by Gasteiger charge is 2.51. The molecule has 260 valence electrons. The van der Waals surface area contributed by atoms with E-state index >= 15 is 0 Å². The van der Waals surface area contributed by atoms with Gasteiger partial charge in [-0.2, -0.15) is 0 Å². The van der Waals surface area contributed by atoms with Crippen molar-refractivity contribution < 1.29 is 9.31 Å². The van der Waals surface area contributed by atoms with E-state index in [1.54, 1.807) is 49.6 Å². The number of hydrogen-bond acceptors (Lipinski definition) is 8. The van der Waals surface area contributed by atoms with Crippen molar-refractivity contribution in [3.63, 3.8) is 0 Å². The first kappa shape index (κ1) is 36.0. The van der Waals surface area contributed by atoms with Gasteiger partial charge < -0.3 is 9.31 Å². The highest BCUT2D eigenvalue weighted by molar-refractivity contribution is 9.10. The normalized spacial score (nSPS) is 14.1. The monoisotopic (exact) mass is 754 g/mol. The third-order valence-corrected chi connectivity index (χ3v) is 9.54. The van der Waals surface area contributed by atoms with Crippen molar-refractivity contribution in [2.24, 2.45) is 0 Å². The Hall–Kier alpha value is -5.80. The number of hydrogen-bond donors (Lipinski definition) is 0. The topological polar surface area (TPSA) is 95.1 Å². The van der Waals surface area contributed by atoms with Crippen LogP contribution in [0, 0.1) is 13.1 Å². The van der Waals surface area contributed by atoms with Crippen LogP contribution in [0.4, 0.5) is 22.7 Å². The molecule has 1 aliphatic rings. The number of nitrogens with zero attached hydrogens (tertiary/aromatic N) is 10. The van der Waals surface area contributed by atoms with Crippen LogP contribution < -0.4 is 15.5 Å². The standard InChI is InChI=1S/C22H24BN5O2.C16H12BrN5/c1-21(2)22(3,4)30-23(29-21)18-8-6-17(7-9-18)14-28(27-15-25-26-16-27)20-12-10-19(24-5)11-13-20;1-18-15-6-8-16(9-7-15)22(21-11-19-20-12-21)10-13-2-4-14(17)5-3-13/h6-13,15-16H,14H2,1-4H3;2-9,11-12H,10H2. The number of anilines is 2. The van der Waals surface area contributed by atoms with Gasteiger partial charge >= 0.3 is 7.12 Å². The molecule has 0 aliphatic carbocycles. The lowest BCUT2D eigenvalue weighted by Crippen LogP contribution is -2.41. The molecule has 1 saturated heterocycles. The van der Waals surface area contributed by atoms with E-state index in [9.17, 15) is 0 Å². The van der Waals surface area contributed by atoms with Crippen LogP contribution >= 0.6 is 15.9 Å². The van der Waals surface area contributed by atoms with Gasteiger partial charge in [-0.3, -0.25) is 10.0 Å². The van der Waals surface area contributed by atoms with Gasteiger partial charge in [0.2, 0.25) is 0 Å². The van der Waals surface area contributed by atoms with Gasteiger partial charge in [0.25, 0.3) is 0 Å². The molecule has 12 nitrogen and oxygen atoms in total. The summed E-state index contributed by atoms with van der Waals surface area (Å²) in [6, 6.07) is 31.3. The van der Waals surface area contributed by atoms with Crippen LogP contribution in [-0.4, -0.2) is 48.1 Å². The molecule has 0 amide bonds. The first-order valence-electron chi connectivity index (χ1n) is 16.4. The maximum atomic E-state index is 7.15. The second-order valence-electron chi connectivity index (χ2n) is 13.0. The number of aromatic nitrogens is 6. The first-order chi connectivity index (χ1) is 25.0. The van der Waals surface area contributed by atoms with E-state index in [1.807, 2.05) is 67.9 Å². The average molecular weight is 755 g/mol. The van der Waals surface area contributed by atoms with E-state index in [-0.39, 0.29) is 18.3 Å². The van der Waals surface area contributed by atoms with Crippen LogP contribution in [-0.2, 0) is 22.4 Å². The zero-order chi connectivity index (χ0) is 36.7. The van der Waals surface area contributed by atoms with Crippen LogP contribution in [0.3, 0.4) is 0 Å². The van der Waals surface area contributed by atoms with E-state index in [0.717, 1.165) is 32.4 Å². The summed E-state index contributed by atoms with van der Waals surface area (Å²) in [5, 5.41) is 19.7. The highest BCUT2D eigenvalue weighted by atomic mass is 79.9. The second kappa shape index (κ2) is 15.6. The van der Waals surface area contributed by atoms with E-state index in [4.69, 9.17) is 22.5 Å². The molecule has 14 heteroatoms. The lowest BCUT2D eigenvalue weighted by atomic mass is 9.79. The first-order valence-corrected chi connectivity index (χ1v) is 17.2. The summed E-state index contributed by atoms with van der Waals surface area (Å²) in [5.74, 6) is 0. The summed E-state index contributed by atoms with van der Waals surface area (Å²) < 4.78 is 17.0. The summed E-state index contributed by atoms with van der Waals surface area (Å²) in [5.41, 5.74) is 5.68. The van der Waals surface area contributed by atoms with Crippen molar-refractivity contribution in [1.82, 2.24) is 29.7 Å². The van der Waals surface area contributed by atoms with E-state index in [2.05, 4.69) is 98.0 Å². The fraction of sp³-hybridized carbons (Fsp3) is 0.211. The summed E-state index contributed by atoms with van der Waals surface area (Å²) >= 11 is 3.44.